The van der Waals surface area contributed by atoms with Crippen LogP contribution < -0.4 is 10.9 Å². The molecule has 1 saturated heterocycles. The van der Waals surface area contributed by atoms with Crippen LogP contribution in [0.4, 0.5) is 5.69 Å². The lowest BCUT2D eigenvalue weighted by molar-refractivity contribution is -0.120. The number of benzene rings is 2. The maximum Gasteiger partial charge on any atom is 0.264 e. The SMILES string of the molecule is O=C(Nc1cccc(-c2ccc(=O)[nH]n2)c1)C1CC2CCCCC2N1C(=O)c1cccc(Cl)c1. The number of aromatic amines is 1. The van der Waals surface area contributed by atoms with Crippen molar-refractivity contribution in [1.29, 1.82) is 0 Å². The molecular formula is C26H25ClN4O3. The monoisotopic (exact) mass is 476 g/mol. The molecule has 2 aromatic carbocycles. The van der Waals surface area contributed by atoms with Gasteiger partial charge in [0.25, 0.3) is 11.5 Å². The van der Waals surface area contributed by atoms with Gasteiger partial charge in [-0.15, -0.1) is 0 Å². The second-order valence-corrected chi connectivity index (χ2v) is 9.40. The lowest BCUT2D eigenvalue weighted by Crippen LogP contribution is -2.47. The third-order valence-corrected chi connectivity index (χ3v) is 7.04. The van der Waals surface area contributed by atoms with E-state index in [2.05, 4.69) is 15.5 Å². The Morgan fingerprint density at radius 1 is 1.03 bits per heavy atom. The number of likely N-dealkylation sites (tertiary alicyclic amines) is 1. The summed E-state index contributed by atoms with van der Waals surface area (Å²) in [5, 5.41) is 9.98. The van der Waals surface area contributed by atoms with Crippen LogP contribution in [0.5, 0.6) is 0 Å². The van der Waals surface area contributed by atoms with Crippen molar-refractivity contribution >= 4 is 29.1 Å². The first-order valence-corrected chi connectivity index (χ1v) is 11.9. The first-order valence-electron chi connectivity index (χ1n) is 11.5. The Bertz CT molecular complexity index is 1270. The highest BCUT2D eigenvalue weighted by Crippen LogP contribution is 2.41. The fourth-order valence-electron chi connectivity index (χ4n) is 5.24. The van der Waals surface area contributed by atoms with E-state index >= 15 is 0 Å². The number of halogens is 1. The number of carbonyl (C=O) groups excluding carboxylic acids is 2. The Hall–Kier alpha value is -3.45. The highest BCUT2D eigenvalue weighted by molar-refractivity contribution is 6.31. The smallest absolute Gasteiger partial charge is 0.264 e. The topological polar surface area (TPSA) is 95.2 Å². The van der Waals surface area contributed by atoms with Crippen molar-refractivity contribution in [1.82, 2.24) is 15.1 Å². The Kier molecular flexibility index (Phi) is 6.20. The lowest BCUT2D eigenvalue weighted by atomic mass is 9.84. The Morgan fingerprint density at radius 3 is 2.65 bits per heavy atom. The Morgan fingerprint density at radius 2 is 1.85 bits per heavy atom. The van der Waals surface area contributed by atoms with E-state index in [1.807, 2.05) is 18.2 Å². The van der Waals surface area contributed by atoms with Crippen LogP contribution in [-0.4, -0.2) is 39.0 Å². The van der Waals surface area contributed by atoms with Gasteiger partial charge in [-0.1, -0.05) is 42.6 Å². The minimum absolute atomic E-state index is 0.0626. The van der Waals surface area contributed by atoms with E-state index in [1.165, 1.54) is 6.07 Å². The van der Waals surface area contributed by atoms with Gasteiger partial charge in [-0.05, 0) is 61.6 Å². The largest absolute Gasteiger partial charge is 0.324 e. The summed E-state index contributed by atoms with van der Waals surface area (Å²) in [4.78, 5) is 40.1. The van der Waals surface area contributed by atoms with Crippen molar-refractivity contribution in [2.45, 2.75) is 44.2 Å². The third kappa shape index (κ3) is 4.48. The van der Waals surface area contributed by atoms with Gasteiger partial charge in [0.1, 0.15) is 6.04 Å². The van der Waals surface area contributed by atoms with Crippen molar-refractivity contribution in [3.63, 3.8) is 0 Å². The average molecular weight is 477 g/mol. The van der Waals surface area contributed by atoms with E-state index < -0.39 is 6.04 Å². The number of fused-ring (bicyclic) bond motifs is 1. The molecule has 2 amide bonds. The van der Waals surface area contributed by atoms with Crippen LogP contribution >= 0.6 is 11.6 Å². The van der Waals surface area contributed by atoms with Crippen molar-refractivity contribution in [3.8, 4) is 11.3 Å². The summed E-state index contributed by atoms with van der Waals surface area (Å²) in [5.41, 5.74) is 2.20. The van der Waals surface area contributed by atoms with Gasteiger partial charge >= 0.3 is 0 Å². The molecule has 7 nitrogen and oxygen atoms in total. The zero-order valence-electron chi connectivity index (χ0n) is 18.5. The van der Waals surface area contributed by atoms with Gasteiger partial charge < -0.3 is 10.2 Å². The molecular weight excluding hydrogens is 452 g/mol. The number of anilines is 1. The predicted octanol–water partition coefficient (Wildman–Crippen LogP) is 4.50. The molecule has 1 saturated carbocycles. The molecule has 1 aliphatic heterocycles. The maximum atomic E-state index is 13.5. The second-order valence-electron chi connectivity index (χ2n) is 8.96. The van der Waals surface area contributed by atoms with E-state index in [4.69, 9.17) is 11.6 Å². The summed E-state index contributed by atoms with van der Waals surface area (Å²) in [6, 6.07) is 16.8. The van der Waals surface area contributed by atoms with E-state index in [-0.39, 0.29) is 23.4 Å². The van der Waals surface area contributed by atoms with Crippen LogP contribution in [0.25, 0.3) is 11.3 Å². The molecule has 34 heavy (non-hydrogen) atoms. The molecule has 2 N–H and O–H groups in total. The molecule has 5 rings (SSSR count). The van der Waals surface area contributed by atoms with Crippen LogP contribution in [-0.2, 0) is 4.79 Å². The predicted molar refractivity (Wildman–Crippen MR) is 131 cm³/mol. The minimum atomic E-state index is -0.547. The van der Waals surface area contributed by atoms with Crippen molar-refractivity contribution in [3.05, 3.63) is 81.6 Å². The summed E-state index contributed by atoms with van der Waals surface area (Å²) in [5.74, 6) is -0.0242. The molecule has 8 heteroatoms. The van der Waals surface area contributed by atoms with Crippen molar-refractivity contribution in [2.24, 2.45) is 5.92 Å². The van der Waals surface area contributed by atoms with Gasteiger partial charge in [0.05, 0.1) is 5.69 Å². The van der Waals surface area contributed by atoms with Crippen LogP contribution in [0.2, 0.25) is 5.02 Å². The Labute approximate surface area is 202 Å². The molecule has 2 fully saturated rings. The third-order valence-electron chi connectivity index (χ3n) is 6.80. The van der Waals surface area contributed by atoms with Gasteiger partial charge in [-0.25, -0.2) is 5.10 Å². The summed E-state index contributed by atoms with van der Waals surface area (Å²) >= 11 is 6.14. The minimum Gasteiger partial charge on any atom is -0.324 e. The number of hydrogen-bond donors (Lipinski definition) is 2. The lowest BCUT2D eigenvalue weighted by Gasteiger charge is -2.33. The fraction of sp³-hybridized carbons (Fsp3) is 0.308. The van der Waals surface area contributed by atoms with Crippen LogP contribution in [0.1, 0.15) is 42.5 Å². The van der Waals surface area contributed by atoms with E-state index in [9.17, 15) is 14.4 Å². The molecule has 3 unspecified atom stereocenters. The number of rotatable bonds is 4. The molecule has 0 spiro atoms. The second kappa shape index (κ2) is 9.43. The summed E-state index contributed by atoms with van der Waals surface area (Å²) in [6.07, 6.45) is 4.78. The van der Waals surface area contributed by atoms with E-state index in [0.29, 0.717) is 34.3 Å². The average Bonchev–Trinajstić information content (AvgIpc) is 3.24. The number of nitrogens with one attached hydrogen (secondary N) is 2. The highest BCUT2D eigenvalue weighted by atomic mass is 35.5. The molecule has 1 aliphatic carbocycles. The quantitative estimate of drug-likeness (QED) is 0.579. The Balaban J connectivity index is 1.40. The number of nitrogens with zero attached hydrogens (tertiary/aromatic N) is 2. The van der Waals surface area contributed by atoms with Crippen molar-refractivity contribution in [2.75, 3.05) is 5.32 Å². The number of carbonyl (C=O) groups is 2. The number of amides is 2. The summed E-state index contributed by atoms with van der Waals surface area (Å²) in [6.45, 7) is 0. The van der Waals surface area contributed by atoms with E-state index in [1.54, 1.807) is 41.3 Å². The molecule has 174 valence electrons. The molecule has 2 heterocycles. The fourth-order valence-corrected chi connectivity index (χ4v) is 5.43. The molecule has 3 aromatic rings. The van der Waals surface area contributed by atoms with E-state index in [0.717, 1.165) is 31.2 Å². The standard InChI is InChI=1S/C26H25ClN4O3/c27-19-8-3-7-18(13-19)26(34)31-22-10-2-1-5-17(22)15-23(31)25(33)28-20-9-4-6-16(14-20)21-11-12-24(32)30-29-21/h3-4,6-9,11-14,17,22-23H,1-2,5,10,15H2,(H,28,33)(H,30,32). The zero-order chi connectivity index (χ0) is 23.7. The molecule has 2 aliphatic rings. The number of hydrogen-bond acceptors (Lipinski definition) is 4. The highest BCUT2D eigenvalue weighted by Gasteiger charge is 2.47. The van der Waals surface area contributed by atoms with Crippen LogP contribution in [0.3, 0.4) is 0 Å². The first kappa shape index (κ1) is 22.3. The van der Waals surface area contributed by atoms with Crippen LogP contribution in [0, 0.1) is 5.92 Å². The van der Waals surface area contributed by atoms with Gasteiger partial charge in [-0.3, -0.25) is 14.4 Å². The van der Waals surface area contributed by atoms with Gasteiger partial charge in [0.15, 0.2) is 0 Å². The molecule has 3 atom stereocenters. The number of aromatic nitrogens is 2. The van der Waals surface area contributed by atoms with Crippen LogP contribution in [0.15, 0.2) is 65.5 Å². The molecule has 1 aromatic heterocycles. The number of H-pyrrole nitrogens is 1. The van der Waals surface area contributed by atoms with Gasteiger partial charge in [0, 0.05) is 33.9 Å². The first-order chi connectivity index (χ1) is 16.5. The van der Waals surface area contributed by atoms with Gasteiger partial charge in [0.2, 0.25) is 5.91 Å². The normalized spacial score (nSPS) is 21.7. The maximum absolute atomic E-state index is 13.5. The molecule has 0 radical (unpaired) electrons. The van der Waals surface area contributed by atoms with Gasteiger partial charge in [-0.2, -0.15) is 5.10 Å². The zero-order valence-corrected chi connectivity index (χ0v) is 19.3. The van der Waals surface area contributed by atoms with Crippen molar-refractivity contribution < 1.29 is 9.59 Å². The molecule has 0 bridgehead atoms. The summed E-state index contributed by atoms with van der Waals surface area (Å²) < 4.78 is 0. The summed E-state index contributed by atoms with van der Waals surface area (Å²) in [7, 11) is 0.